The van der Waals surface area contributed by atoms with Crippen LogP contribution in [0.4, 0.5) is 4.39 Å². The third kappa shape index (κ3) is 1.83. The molecule has 1 unspecified atom stereocenters. The molecule has 0 saturated carbocycles. The lowest BCUT2D eigenvalue weighted by molar-refractivity contribution is 0.618. The molecule has 0 bridgehead atoms. The number of alkyl halides is 1. The minimum atomic E-state index is -0.138. The van der Waals surface area contributed by atoms with Crippen LogP contribution in [-0.2, 0) is 0 Å². The topological polar surface area (TPSA) is 0 Å². The number of halogens is 2. The summed E-state index contributed by atoms with van der Waals surface area (Å²) >= 11 is 5.96. The molecular weight excluding hydrogens is 199 g/mol. The van der Waals surface area contributed by atoms with Gasteiger partial charge >= 0.3 is 0 Å². The van der Waals surface area contributed by atoms with Gasteiger partial charge in [-0.25, -0.2) is 4.39 Å². The Hall–Kier alpha value is -0.820. The third-order valence-corrected chi connectivity index (χ3v) is 2.96. The highest BCUT2D eigenvalue weighted by Gasteiger charge is 2.14. The number of aryl methyl sites for hydroxylation is 1. The first-order chi connectivity index (χ1) is 6.66. The van der Waals surface area contributed by atoms with Crippen molar-refractivity contribution >= 4 is 17.2 Å². The van der Waals surface area contributed by atoms with Gasteiger partial charge < -0.3 is 0 Å². The van der Waals surface area contributed by atoms with Gasteiger partial charge in [0.2, 0.25) is 0 Å². The molecule has 1 aromatic carbocycles. The maximum absolute atomic E-state index is 13.3. The van der Waals surface area contributed by atoms with Gasteiger partial charge in [0.15, 0.2) is 0 Å². The van der Waals surface area contributed by atoms with E-state index < -0.39 is 0 Å². The zero-order valence-electron chi connectivity index (χ0n) is 8.06. The van der Waals surface area contributed by atoms with Gasteiger partial charge in [-0.05, 0) is 42.5 Å². The lowest BCUT2D eigenvalue weighted by Crippen LogP contribution is -1.86. The summed E-state index contributed by atoms with van der Waals surface area (Å²) in [5.74, 6) is -0.138. The first-order valence-corrected chi connectivity index (χ1v) is 5.22. The van der Waals surface area contributed by atoms with Crippen LogP contribution >= 0.6 is 11.6 Å². The molecule has 2 heteroatoms. The Kier molecular flexibility index (Phi) is 2.60. The second-order valence-corrected chi connectivity index (χ2v) is 4.27. The highest BCUT2D eigenvalue weighted by molar-refractivity contribution is 6.22. The molecule has 0 nitrogen and oxygen atoms in total. The molecule has 0 fully saturated rings. The maximum atomic E-state index is 13.3. The van der Waals surface area contributed by atoms with Crippen LogP contribution in [0, 0.1) is 12.7 Å². The van der Waals surface area contributed by atoms with Crippen LogP contribution in [0.3, 0.4) is 0 Å². The number of hydrogen-bond donors (Lipinski definition) is 0. The summed E-state index contributed by atoms with van der Waals surface area (Å²) in [6.07, 6.45) is 3.94. The largest absolute Gasteiger partial charge is 0.207 e. The van der Waals surface area contributed by atoms with E-state index in [1.54, 1.807) is 13.0 Å². The number of benzene rings is 1. The van der Waals surface area contributed by atoms with Crippen LogP contribution in [-0.4, -0.2) is 5.38 Å². The molecule has 0 aromatic heterocycles. The van der Waals surface area contributed by atoms with Gasteiger partial charge in [-0.2, -0.15) is 0 Å². The van der Waals surface area contributed by atoms with E-state index in [2.05, 4.69) is 0 Å². The van der Waals surface area contributed by atoms with Crippen molar-refractivity contribution < 1.29 is 4.39 Å². The Labute approximate surface area is 88.4 Å². The van der Waals surface area contributed by atoms with E-state index >= 15 is 0 Å². The Balaban J connectivity index is 2.34. The van der Waals surface area contributed by atoms with Gasteiger partial charge in [-0.1, -0.05) is 18.2 Å². The molecule has 0 N–H and O–H groups in total. The minimum Gasteiger partial charge on any atom is -0.207 e. The second kappa shape index (κ2) is 3.74. The van der Waals surface area contributed by atoms with Gasteiger partial charge in [-0.3, -0.25) is 0 Å². The molecule has 0 saturated heterocycles. The van der Waals surface area contributed by atoms with Crippen LogP contribution in [0.25, 0.3) is 5.57 Å². The van der Waals surface area contributed by atoms with E-state index in [-0.39, 0.29) is 11.2 Å². The first kappa shape index (κ1) is 9.72. The van der Waals surface area contributed by atoms with E-state index in [9.17, 15) is 4.39 Å². The van der Waals surface area contributed by atoms with Crippen molar-refractivity contribution in [3.8, 4) is 0 Å². The van der Waals surface area contributed by atoms with E-state index in [1.807, 2.05) is 18.2 Å². The predicted molar refractivity (Wildman–Crippen MR) is 58.0 cm³/mol. The SMILES string of the molecule is Cc1ccc(C2=CC(Cl)CC2)cc1F. The van der Waals surface area contributed by atoms with Crippen LogP contribution in [0.5, 0.6) is 0 Å². The molecule has 74 valence electrons. The first-order valence-electron chi connectivity index (χ1n) is 4.78. The van der Waals surface area contributed by atoms with Gasteiger partial charge in [0.1, 0.15) is 5.82 Å². The van der Waals surface area contributed by atoms with Gasteiger partial charge in [-0.15, -0.1) is 11.6 Å². The molecule has 1 atom stereocenters. The molecule has 0 heterocycles. The Morgan fingerprint density at radius 1 is 1.43 bits per heavy atom. The summed E-state index contributed by atoms with van der Waals surface area (Å²) in [4.78, 5) is 0. The molecular formula is C12H12ClF. The standard InChI is InChI=1S/C12H12ClF/c1-8-2-3-10(7-12(8)14)9-4-5-11(13)6-9/h2-3,6-7,11H,4-5H2,1H3. The molecule has 1 aliphatic carbocycles. The van der Waals surface area contributed by atoms with Crippen LogP contribution in [0.2, 0.25) is 0 Å². The zero-order valence-corrected chi connectivity index (χ0v) is 8.81. The maximum Gasteiger partial charge on any atom is 0.126 e. The average Bonchev–Trinajstić information content (AvgIpc) is 2.57. The second-order valence-electron chi connectivity index (χ2n) is 3.71. The summed E-state index contributed by atoms with van der Waals surface area (Å²) in [5, 5.41) is 0.120. The fourth-order valence-corrected chi connectivity index (χ4v) is 1.97. The minimum absolute atomic E-state index is 0.120. The van der Waals surface area contributed by atoms with Gasteiger partial charge in [0.05, 0.1) is 5.38 Å². The smallest absolute Gasteiger partial charge is 0.126 e. The molecule has 1 aliphatic rings. The van der Waals surface area contributed by atoms with Crippen LogP contribution in [0.15, 0.2) is 24.3 Å². The zero-order chi connectivity index (χ0) is 10.1. The van der Waals surface area contributed by atoms with E-state index in [0.717, 1.165) is 18.4 Å². The van der Waals surface area contributed by atoms with Gasteiger partial charge in [0.25, 0.3) is 0 Å². The van der Waals surface area contributed by atoms with Crippen molar-refractivity contribution in [3.63, 3.8) is 0 Å². The third-order valence-electron chi connectivity index (χ3n) is 2.61. The summed E-state index contributed by atoms with van der Waals surface area (Å²) in [7, 11) is 0. The molecule has 0 amide bonds. The Morgan fingerprint density at radius 3 is 2.79 bits per heavy atom. The lowest BCUT2D eigenvalue weighted by Gasteiger charge is -2.03. The normalized spacial score (nSPS) is 21.1. The van der Waals surface area contributed by atoms with Gasteiger partial charge in [0, 0.05) is 0 Å². The predicted octanol–water partition coefficient (Wildman–Crippen LogP) is 3.92. The van der Waals surface area contributed by atoms with E-state index in [4.69, 9.17) is 11.6 Å². The van der Waals surface area contributed by atoms with Crippen molar-refractivity contribution in [2.24, 2.45) is 0 Å². The number of hydrogen-bond acceptors (Lipinski definition) is 0. The molecule has 0 aliphatic heterocycles. The average molecular weight is 211 g/mol. The highest BCUT2D eigenvalue weighted by Crippen LogP contribution is 2.31. The summed E-state index contributed by atoms with van der Waals surface area (Å²) in [6, 6.07) is 5.36. The highest BCUT2D eigenvalue weighted by atomic mass is 35.5. The molecule has 0 spiro atoms. The fourth-order valence-electron chi connectivity index (χ4n) is 1.71. The molecule has 2 rings (SSSR count). The number of rotatable bonds is 1. The summed E-state index contributed by atoms with van der Waals surface area (Å²) in [6.45, 7) is 1.77. The summed E-state index contributed by atoms with van der Waals surface area (Å²) < 4.78 is 13.3. The van der Waals surface area contributed by atoms with Crippen molar-refractivity contribution in [2.45, 2.75) is 25.1 Å². The number of allylic oxidation sites excluding steroid dienone is 2. The van der Waals surface area contributed by atoms with Crippen molar-refractivity contribution in [2.75, 3.05) is 0 Å². The fraction of sp³-hybridized carbons (Fsp3) is 0.333. The van der Waals surface area contributed by atoms with Crippen molar-refractivity contribution in [1.29, 1.82) is 0 Å². The van der Waals surface area contributed by atoms with Crippen LogP contribution < -0.4 is 0 Å². The molecule has 1 aromatic rings. The van der Waals surface area contributed by atoms with E-state index in [1.165, 1.54) is 5.57 Å². The summed E-state index contributed by atoms with van der Waals surface area (Å²) in [5.41, 5.74) is 2.83. The van der Waals surface area contributed by atoms with E-state index in [0.29, 0.717) is 5.56 Å². The molecule has 0 radical (unpaired) electrons. The lowest BCUT2D eigenvalue weighted by atomic mass is 10.0. The van der Waals surface area contributed by atoms with Crippen molar-refractivity contribution in [3.05, 3.63) is 41.2 Å². The Bertz CT molecular complexity index is 382. The van der Waals surface area contributed by atoms with Crippen LogP contribution in [0.1, 0.15) is 24.0 Å². The monoisotopic (exact) mass is 210 g/mol. The van der Waals surface area contributed by atoms with Crippen molar-refractivity contribution in [1.82, 2.24) is 0 Å². The quantitative estimate of drug-likeness (QED) is 0.617. The molecule has 14 heavy (non-hydrogen) atoms. The Morgan fingerprint density at radius 2 is 2.21 bits per heavy atom.